The minimum absolute atomic E-state index is 0.0311. The highest BCUT2D eigenvalue weighted by Gasteiger charge is 2.22. The summed E-state index contributed by atoms with van der Waals surface area (Å²) in [5, 5.41) is 6.02. The summed E-state index contributed by atoms with van der Waals surface area (Å²) in [7, 11) is 1.35. The summed E-state index contributed by atoms with van der Waals surface area (Å²) in [6.45, 7) is 3.53. The molecule has 0 saturated carbocycles. The van der Waals surface area contributed by atoms with E-state index in [1.807, 2.05) is 6.92 Å². The molecule has 0 spiro atoms. The summed E-state index contributed by atoms with van der Waals surface area (Å²) in [5.74, 6) is -0.230. The molecule has 2 atom stereocenters. The lowest BCUT2D eigenvalue weighted by molar-refractivity contribution is -0.141. The summed E-state index contributed by atoms with van der Waals surface area (Å²) in [6.07, 6.45) is 2.18. The van der Waals surface area contributed by atoms with Crippen LogP contribution >= 0.6 is 0 Å². The smallest absolute Gasteiger partial charge is 0.307 e. The highest BCUT2D eigenvalue weighted by molar-refractivity contribution is 5.80. The summed E-state index contributed by atoms with van der Waals surface area (Å²) in [4.78, 5) is 22.8. The molecule has 16 heavy (non-hydrogen) atoms. The Labute approximate surface area is 95.9 Å². The van der Waals surface area contributed by atoms with Gasteiger partial charge in [-0.25, -0.2) is 0 Å². The van der Waals surface area contributed by atoms with E-state index in [0.717, 1.165) is 25.9 Å². The third-order valence-electron chi connectivity index (χ3n) is 2.76. The number of nitrogens with one attached hydrogen (secondary N) is 2. The fourth-order valence-electron chi connectivity index (χ4n) is 1.82. The molecule has 5 heteroatoms. The van der Waals surface area contributed by atoms with Crippen molar-refractivity contribution in [3.05, 3.63) is 0 Å². The summed E-state index contributed by atoms with van der Waals surface area (Å²) < 4.78 is 4.55. The van der Waals surface area contributed by atoms with Gasteiger partial charge in [0.2, 0.25) is 5.91 Å². The molecular weight excluding hydrogens is 208 g/mol. The largest absolute Gasteiger partial charge is 0.469 e. The van der Waals surface area contributed by atoms with Crippen LogP contribution in [0, 0.1) is 5.92 Å². The predicted molar refractivity (Wildman–Crippen MR) is 59.8 cm³/mol. The van der Waals surface area contributed by atoms with Crippen molar-refractivity contribution in [3.8, 4) is 0 Å². The number of hydrogen-bond donors (Lipinski definition) is 2. The van der Waals surface area contributed by atoms with Gasteiger partial charge < -0.3 is 15.4 Å². The number of rotatable bonds is 4. The molecule has 0 radical (unpaired) electrons. The van der Waals surface area contributed by atoms with E-state index in [9.17, 15) is 9.59 Å². The Bertz CT molecular complexity index is 250. The summed E-state index contributed by atoms with van der Waals surface area (Å²) in [5.41, 5.74) is 0. The number of methoxy groups -OCH3 is 1. The van der Waals surface area contributed by atoms with Gasteiger partial charge >= 0.3 is 5.97 Å². The minimum Gasteiger partial charge on any atom is -0.469 e. The van der Waals surface area contributed by atoms with Crippen LogP contribution in [0.25, 0.3) is 0 Å². The molecule has 1 amide bonds. The van der Waals surface area contributed by atoms with Crippen LogP contribution in [0.2, 0.25) is 0 Å². The van der Waals surface area contributed by atoms with E-state index in [0.29, 0.717) is 0 Å². The second-order valence-electron chi connectivity index (χ2n) is 4.23. The quantitative estimate of drug-likeness (QED) is 0.667. The number of carbonyl (C=O) groups is 2. The Hall–Kier alpha value is -1.10. The molecule has 1 saturated heterocycles. The molecule has 1 heterocycles. The van der Waals surface area contributed by atoms with E-state index in [1.54, 1.807) is 0 Å². The van der Waals surface area contributed by atoms with Crippen LogP contribution in [-0.4, -0.2) is 38.1 Å². The number of ether oxygens (including phenoxy) is 1. The lowest BCUT2D eigenvalue weighted by Crippen LogP contribution is -2.44. The van der Waals surface area contributed by atoms with Crippen molar-refractivity contribution in [2.45, 2.75) is 32.2 Å². The van der Waals surface area contributed by atoms with Gasteiger partial charge in [0.1, 0.15) is 0 Å². The zero-order valence-corrected chi connectivity index (χ0v) is 9.91. The SMILES string of the molecule is COC(=O)CC(C)NC(=O)[C@@H]1CCCNC1. The number of esters is 1. The molecular formula is C11H20N2O3. The van der Waals surface area contributed by atoms with Gasteiger partial charge in [-0.2, -0.15) is 0 Å². The molecule has 0 bridgehead atoms. The van der Waals surface area contributed by atoms with Crippen LogP contribution in [0.15, 0.2) is 0 Å². The predicted octanol–water partition coefficient (Wildman–Crippen LogP) is 0.0538. The van der Waals surface area contributed by atoms with Gasteiger partial charge in [-0.05, 0) is 26.3 Å². The molecule has 0 aromatic carbocycles. The van der Waals surface area contributed by atoms with Crippen molar-refractivity contribution in [2.75, 3.05) is 20.2 Å². The highest BCUT2D eigenvalue weighted by Crippen LogP contribution is 2.10. The van der Waals surface area contributed by atoms with E-state index in [2.05, 4.69) is 15.4 Å². The maximum atomic E-state index is 11.8. The maximum absolute atomic E-state index is 11.8. The Morgan fingerprint density at radius 1 is 1.56 bits per heavy atom. The first-order chi connectivity index (χ1) is 7.63. The fourth-order valence-corrected chi connectivity index (χ4v) is 1.82. The topological polar surface area (TPSA) is 67.4 Å². The maximum Gasteiger partial charge on any atom is 0.307 e. The summed E-state index contributed by atoms with van der Waals surface area (Å²) in [6, 6.07) is -0.165. The molecule has 1 aliphatic heterocycles. The van der Waals surface area contributed by atoms with Gasteiger partial charge in [-0.15, -0.1) is 0 Å². The van der Waals surface area contributed by atoms with Crippen molar-refractivity contribution < 1.29 is 14.3 Å². The van der Waals surface area contributed by atoms with Crippen LogP contribution in [-0.2, 0) is 14.3 Å². The number of hydrogen-bond acceptors (Lipinski definition) is 4. The Morgan fingerprint density at radius 3 is 2.88 bits per heavy atom. The molecule has 0 aromatic rings. The lowest BCUT2D eigenvalue weighted by atomic mass is 9.98. The zero-order chi connectivity index (χ0) is 12.0. The van der Waals surface area contributed by atoms with Gasteiger partial charge in [-0.1, -0.05) is 0 Å². The average molecular weight is 228 g/mol. The van der Waals surface area contributed by atoms with E-state index < -0.39 is 0 Å². The van der Waals surface area contributed by atoms with Crippen molar-refractivity contribution in [3.63, 3.8) is 0 Å². The Morgan fingerprint density at radius 2 is 2.31 bits per heavy atom. The standard InChI is InChI=1S/C11H20N2O3/c1-8(6-10(14)16-2)13-11(15)9-4-3-5-12-7-9/h8-9,12H,3-7H2,1-2H3,(H,13,15)/t8?,9-/m1/s1. The Kier molecular flexibility index (Phi) is 5.25. The first kappa shape index (κ1) is 13.0. The lowest BCUT2D eigenvalue weighted by Gasteiger charge is -2.23. The van der Waals surface area contributed by atoms with Crippen LogP contribution in [0.5, 0.6) is 0 Å². The van der Waals surface area contributed by atoms with Gasteiger partial charge in [0.25, 0.3) is 0 Å². The van der Waals surface area contributed by atoms with Crippen LogP contribution in [0.3, 0.4) is 0 Å². The number of amides is 1. The highest BCUT2D eigenvalue weighted by atomic mass is 16.5. The molecule has 1 aliphatic rings. The van der Waals surface area contributed by atoms with Crippen molar-refractivity contribution in [2.24, 2.45) is 5.92 Å². The molecule has 1 rings (SSSR count). The van der Waals surface area contributed by atoms with Gasteiger partial charge in [0.05, 0.1) is 19.4 Å². The minimum atomic E-state index is -0.297. The third-order valence-corrected chi connectivity index (χ3v) is 2.76. The van der Waals surface area contributed by atoms with Crippen LogP contribution in [0.1, 0.15) is 26.2 Å². The molecule has 1 unspecified atom stereocenters. The fraction of sp³-hybridized carbons (Fsp3) is 0.818. The monoisotopic (exact) mass is 228 g/mol. The van der Waals surface area contributed by atoms with Gasteiger partial charge in [-0.3, -0.25) is 9.59 Å². The van der Waals surface area contributed by atoms with Crippen molar-refractivity contribution in [1.29, 1.82) is 0 Å². The Balaban J connectivity index is 2.29. The molecule has 1 fully saturated rings. The number of piperidine rings is 1. The van der Waals surface area contributed by atoms with Crippen LogP contribution in [0.4, 0.5) is 0 Å². The van der Waals surface area contributed by atoms with E-state index in [-0.39, 0.29) is 30.3 Å². The van der Waals surface area contributed by atoms with E-state index in [4.69, 9.17) is 0 Å². The molecule has 92 valence electrons. The number of carbonyl (C=O) groups excluding carboxylic acids is 2. The molecule has 2 N–H and O–H groups in total. The van der Waals surface area contributed by atoms with E-state index >= 15 is 0 Å². The van der Waals surface area contributed by atoms with Gasteiger partial charge in [0.15, 0.2) is 0 Å². The molecule has 5 nitrogen and oxygen atoms in total. The average Bonchev–Trinajstić information content (AvgIpc) is 2.29. The molecule has 0 aromatic heterocycles. The zero-order valence-electron chi connectivity index (χ0n) is 9.91. The first-order valence-corrected chi connectivity index (χ1v) is 5.71. The second kappa shape index (κ2) is 6.48. The third kappa shape index (κ3) is 4.18. The molecule has 0 aliphatic carbocycles. The van der Waals surface area contributed by atoms with E-state index in [1.165, 1.54) is 7.11 Å². The van der Waals surface area contributed by atoms with Gasteiger partial charge in [0, 0.05) is 12.6 Å². The second-order valence-corrected chi connectivity index (χ2v) is 4.23. The first-order valence-electron chi connectivity index (χ1n) is 5.71. The summed E-state index contributed by atoms with van der Waals surface area (Å²) >= 11 is 0. The normalized spacial score (nSPS) is 22.2. The van der Waals surface area contributed by atoms with Crippen molar-refractivity contribution >= 4 is 11.9 Å². The van der Waals surface area contributed by atoms with Crippen LogP contribution < -0.4 is 10.6 Å². The van der Waals surface area contributed by atoms with Crippen molar-refractivity contribution in [1.82, 2.24) is 10.6 Å².